The van der Waals surface area contributed by atoms with E-state index in [9.17, 15) is 0 Å². The largest absolute Gasteiger partial charge is 0.0790 e. The van der Waals surface area contributed by atoms with Crippen LogP contribution < -0.4 is 0 Å². The second-order valence-electron chi connectivity index (χ2n) is 4.09. The van der Waals surface area contributed by atoms with Gasteiger partial charge in [-0.3, -0.25) is 0 Å². The van der Waals surface area contributed by atoms with E-state index in [0.717, 1.165) is 0 Å². The molecule has 0 aromatic carbocycles. The molecule has 0 saturated carbocycles. The van der Waals surface area contributed by atoms with Gasteiger partial charge in [-0.1, -0.05) is 45.8 Å². The number of hydrogen-bond acceptors (Lipinski definition) is 0. The number of hydrogen-bond donors (Lipinski definition) is 0. The monoisotopic (exact) mass is 188 g/mol. The predicted molar refractivity (Wildman–Crippen MR) is 61.5 cm³/mol. The third-order valence-corrected chi connectivity index (χ3v) is 4.58. The molecule has 0 spiro atoms. The number of rotatable bonds is 2. The summed E-state index contributed by atoms with van der Waals surface area (Å²) in [5.74, 6) is 0. The van der Waals surface area contributed by atoms with Crippen molar-refractivity contribution in [1.29, 1.82) is 0 Å². The SMILES string of the molecule is CC1=CCC([SiH2]C2=CC(C)=CC2)=C1. The molecule has 0 saturated heterocycles. The van der Waals surface area contributed by atoms with Crippen LogP contribution in [0.4, 0.5) is 0 Å². The zero-order valence-corrected chi connectivity index (χ0v) is 9.84. The fourth-order valence-electron chi connectivity index (χ4n) is 2.00. The van der Waals surface area contributed by atoms with Crippen molar-refractivity contribution < 1.29 is 0 Å². The van der Waals surface area contributed by atoms with E-state index in [-0.39, 0.29) is 9.52 Å². The minimum Gasteiger partial charge on any atom is -0.0790 e. The van der Waals surface area contributed by atoms with Gasteiger partial charge in [0.25, 0.3) is 0 Å². The highest BCUT2D eigenvalue weighted by molar-refractivity contribution is 6.54. The summed E-state index contributed by atoms with van der Waals surface area (Å²) in [5.41, 5.74) is 2.93. The summed E-state index contributed by atoms with van der Waals surface area (Å²) in [4.78, 5) is 0. The highest BCUT2D eigenvalue weighted by atomic mass is 28.2. The van der Waals surface area contributed by atoms with E-state index >= 15 is 0 Å². The standard InChI is InChI=1S/C12H16Si/c1-9-3-5-11(7-9)13-12-6-4-10(2)8-12/h3-4,7-8H,5-6,13H2,1-2H3. The molecule has 13 heavy (non-hydrogen) atoms. The van der Waals surface area contributed by atoms with Crippen LogP contribution in [0.3, 0.4) is 0 Å². The van der Waals surface area contributed by atoms with Crippen molar-refractivity contribution in [3.8, 4) is 0 Å². The average molecular weight is 188 g/mol. The van der Waals surface area contributed by atoms with Crippen LogP contribution in [0.25, 0.3) is 0 Å². The lowest BCUT2D eigenvalue weighted by molar-refractivity contribution is 1.35. The average Bonchev–Trinajstić information content (AvgIpc) is 2.62. The van der Waals surface area contributed by atoms with E-state index in [2.05, 4.69) is 38.2 Å². The molecule has 2 aliphatic carbocycles. The molecule has 0 fully saturated rings. The molecule has 0 atom stereocenters. The molecule has 2 aliphatic rings. The Balaban J connectivity index is 1.95. The summed E-state index contributed by atoms with van der Waals surface area (Å²) in [6.07, 6.45) is 11.9. The van der Waals surface area contributed by atoms with E-state index in [4.69, 9.17) is 0 Å². The van der Waals surface area contributed by atoms with Crippen LogP contribution >= 0.6 is 0 Å². The molecular formula is C12H16Si. The second-order valence-corrected chi connectivity index (χ2v) is 6.26. The molecule has 0 aliphatic heterocycles. The third kappa shape index (κ3) is 2.10. The van der Waals surface area contributed by atoms with Gasteiger partial charge in [0, 0.05) is 0 Å². The van der Waals surface area contributed by atoms with Crippen LogP contribution in [0.5, 0.6) is 0 Å². The molecule has 0 bridgehead atoms. The molecule has 0 unspecified atom stereocenters. The maximum Gasteiger partial charge on any atom is 0.0781 e. The van der Waals surface area contributed by atoms with Crippen molar-refractivity contribution in [3.63, 3.8) is 0 Å². The summed E-state index contributed by atoms with van der Waals surface area (Å²) in [5, 5.41) is 3.43. The van der Waals surface area contributed by atoms with Crippen molar-refractivity contribution in [2.75, 3.05) is 0 Å². The van der Waals surface area contributed by atoms with Crippen LogP contribution in [0.15, 0.2) is 45.8 Å². The maximum atomic E-state index is 2.39. The van der Waals surface area contributed by atoms with Gasteiger partial charge in [-0.15, -0.1) is 0 Å². The Kier molecular flexibility index (Phi) is 2.36. The van der Waals surface area contributed by atoms with Gasteiger partial charge < -0.3 is 0 Å². The van der Waals surface area contributed by atoms with Crippen LogP contribution in [0.1, 0.15) is 26.7 Å². The zero-order chi connectivity index (χ0) is 9.26. The summed E-state index contributed by atoms with van der Waals surface area (Å²) >= 11 is 0. The highest BCUT2D eigenvalue weighted by Gasteiger charge is 2.09. The first kappa shape index (κ1) is 8.76. The molecule has 1 heteroatoms. The summed E-state index contributed by atoms with van der Waals surface area (Å²) < 4.78 is 0. The normalized spacial score (nSPS) is 21.1. The van der Waals surface area contributed by atoms with Crippen molar-refractivity contribution in [3.05, 3.63) is 45.8 Å². The zero-order valence-electron chi connectivity index (χ0n) is 8.43. The van der Waals surface area contributed by atoms with Crippen LogP contribution in [0.2, 0.25) is 0 Å². The van der Waals surface area contributed by atoms with E-state index in [1.54, 1.807) is 10.4 Å². The fraction of sp³-hybridized carbons (Fsp3) is 0.333. The Morgan fingerprint density at radius 2 is 1.38 bits per heavy atom. The Morgan fingerprint density at radius 3 is 1.69 bits per heavy atom. The lowest BCUT2D eigenvalue weighted by Gasteiger charge is -2.00. The highest BCUT2D eigenvalue weighted by Crippen LogP contribution is 2.22. The molecule has 0 aromatic heterocycles. The molecule has 0 amide bonds. The quantitative estimate of drug-likeness (QED) is 0.584. The van der Waals surface area contributed by atoms with Crippen LogP contribution in [-0.2, 0) is 0 Å². The van der Waals surface area contributed by atoms with Gasteiger partial charge >= 0.3 is 0 Å². The first-order chi connectivity index (χ1) is 6.24. The minimum absolute atomic E-state index is 0.0814. The molecule has 0 N–H and O–H groups in total. The Labute approximate surface area is 82.6 Å². The van der Waals surface area contributed by atoms with Crippen molar-refractivity contribution in [2.24, 2.45) is 0 Å². The molecule has 0 aromatic rings. The molecule has 2 rings (SSSR count). The van der Waals surface area contributed by atoms with Gasteiger partial charge in [0.1, 0.15) is 0 Å². The van der Waals surface area contributed by atoms with Gasteiger partial charge in [0.2, 0.25) is 0 Å². The molecular weight excluding hydrogens is 172 g/mol. The van der Waals surface area contributed by atoms with Gasteiger partial charge in [-0.2, -0.15) is 0 Å². The van der Waals surface area contributed by atoms with E-state index in [0.29, 0.717) is 0 Å². The van der Waals surface area contributed by atoms with Gasteiger partial charge in [0.05, 0.1) is 9.52 Å². The Hall–Kier alpha value is -0.823. The molecule has 0 radical (unpaired) electrons. The Morgan fingerprint density at radius 1 is 0.923 bits per heavy atom. The van der Waals surface area contributed by atoms with Crippen LogP contribution in [-0.4, -0.2) is 9.52 Å². The lowest BCUT2D eigenvalue weighted by Crippen LogP contribution is -1.97. The van der Waals surface area contributed by atoms with E-state index in [1.807, 2.05) is 0 Å². The smallest absolute Gasteiger partial charge is 0.0781 e. The molecule has 0 heterocycles. The predicted octanol–water partition coefficient (Wildman–Crippen LogP) is 2.62. The first-order valence-electron chi connectivity index (χ1n) is 4.96. The lowest BCUT2D eigenvalue weighted by atomic mass is 10.3. The van der Waals surface area contributed by atoms with Gasteiger partial charge in [0.15, 0.2) is 0 Å². The Bertz CT molecular complexity index is 306. The minimum atomic E-state index is -0.0814. The summed E-state index contributed by atoms with van der Waals surface area (Å²) in [6.45, 7) is 4.40. The first-order valence-corrected chi connectivity index (χ1v) is 6.38. The van der Waals surface area contributed by atoms with Crippen LogP contribution in [0, 0.1) is 0 Å². The van der Waals surface area contributed by atoms with Gasteiger partial charge in [-0.25, -0.2) is 0 Å². The van der Waals surface area contributed by atoms with Crippen molar-refractivity contribution >= 4 is 9.52 Å². The number of allylic oxidation sites excluding steroid dienone is 8. The molecule has 0 nitrogen and oxygen atoms in total. The fourth-order valence-corrected chi connectivity index (χ4v) is 4.01. The van der Waals surface area contributed by atoms with Gasteiger partial charge in [-0.05, 0) is 26.7 Å². The molecule has 68 valence electrons. The topological polar surface area (TPSA) is 0 Å². The maximum absolute atomic E-state index is 2.39. The van der Waals surface area contributed by atoms with E-state index < -0.39 is 0 Å². The van der Waals surface area contributed by atoms with E-state index in [1.165, 1.54) is 24.0 Å². The summed E-state index contributed by atoms with van der Waals surface area (Å²) in [6, 6.07) is 0. The second kappa shape index (κ2) is 3.50. The van der Waals surface area contributed by atoms with Crippen molar-refractivity contribution in [2.45, 2.75) is 26.7 Å². The van der Waals surface area contributed by atoms with Crippen molar-refractivity contribution in [1.82, 2.24) is 0 Å². The third-order valence-electron chi connectivity index (χ3n) is 2.69. The summed E-state index contributed by atoms with van der Waals surface area (Å²) in [7, 11) is -0.0814.